The highest BCUT2D eigenvalue weighted by atomic mass is 19.1. The SMILES string of the molecule is CC(C(=O)Nc1ccc(F)cc1F)N1CCN(CC(=O)N2CCCCCC2)CC1. The first-order valence-electron chi connectivity index (χ1n) is 10.4. The molecule has 0 bridgehead atoms. The lowest BCUT2D eigenvalue weighted by Gasteiger charge is -2.37. The summed E-state index contributed by atoms with van der Waals surface area (Å²) in [5, 5.41) is 2.53. The van der Waals surface area contributed by atoms with Gasteiger partial charge in [0.05, 0.1) is 18.3 Å². The molecule has 6 nitrogen and oxygen atoms in total. The van der Waals surface area contributed by atoms with Gasteiger partial charge in [0.1, 0.15) is 11.6 Å². The molecule has 0 spiro atoms. The number of benzene rings is 1. The standard InChI is InChI=1S/C21H30F2N4O2/c1-16(21(29)24-19-7-6-17(22)14-18(19)23)26-12-10-25(11-13-26)15-20(28)27-8-4-2-3-5-9-27/h6-7,14,16H,2-5,8-13,15H2,1H3,(H,24,29). The number of nitrogens with one attached hydrogen (secondary N) is 1. The van der Waals surface area contributed by atoms with Crippen LogP contribution in [-0.4, -0.2) is 78.4 Å². The zero-order chi connectivity index (χ0) is 20.8. The second-order valence-electron chi connectivity index (χ2n) is 7.90. The predicted octanol–water partition coefficient (Wildman–Crippen LogP) is 2.31. The molecule has 2 aliphatic rings. The summed E-state index contributed by atoms with van der Waals surface area (Å²) in [5.74, 6) is -1.61. The third-order valence-corrected chi connectivity index (χ3v) is 5.84. The van der Waals surface area contributed by atoms with Crippen molar-refractivity contribution < 1.29 is 18.4 Å². The molecule has 2 aliphatic heterocycles. The van der Waals surface area contributed by atoms with E-state index in [0.29, 0.717) is 32.7 Å². The fraction of sp³-hybridized carbons (Fsp3) is 0.619. The lowest BCUT2D eigenvalue weighted by Crippen LogP contribution is -2.54. The van der Waals surface area contributed by atoms with Crippen molar-refractivity contribution in [3.63, 3.8) is 0 Å². The lowest BCUT2D eigenvalue weighted by atomic mass is 10.2. The Morgan fingerprint density at radius 3 is 2.28 bits per heavy atom. The third-order valence-electron chi connectivity index (χ3n) is 5.84. The minimum Gasteiger partial charge on any atom is -0.342 e. The summed E-state index contributed by atoms with van der Waals surface area (Å²) in [5.41, 5.74) is -0.0232. The molecule has 1 unspecified atom stereocenters. The quantitative estimate of drug-likeness (QED) is 0.813. The van der Waals surface area contributed by atoms with Crippen LogP contribution in [0.4, 0.5) is 14.5 Å². The Morgan fingerprint density at radius 2 is 1.66 bits per heavy atom. The van der Waals surface area contributed by atoms with Crippen LogP contribution in [0.1, 0.15) is 32.6 Å². The van der Waals surface area contributed by atoms with Crippen molar-refractivity contribution in [1.82, 2.24) is 14.7 Å². The highest BCUT2D eigenvalue weighted by Gasteiger charge is 2.27. The smallest absolute Gasteiger partial charge is 0.241 e. The zero-order valence-electron chi connectivity index (χ0n) is 17.0. The summed E-state index contributed by atoms with van der Waals surface area (Å²) in [4.78, 5) is 31.1. The predicted molar refractivity (Wildman–Crippen MR) is 108 cm³/mol. The molecule has 2 heterocycles. The van der Waals surface area contributed by atoms with Crippen molar-refractivity contribution in [2.24, 2.45) is 0 Å². The van der Waals surface area contributed by atoms with Gasteiger partial charge in [-0.15, -0.1) is 0 Å². The molecule has 3 rings (SSSR count). The van der Waals surface area contributed by atoms with Crippen LogP contribution in [0.2, 0.25) is 0 Å². The number of nitrogens with zero attached hydrogens (tertiary/aromatic N) is 3. The van der Waals surface area contributed by atoms with Gasteiger partial charge in [-0.25, -0.2) is 8.78 Å². The summed E-state index contributed by atoms with van der Waals surface area (Å²) in [7, 11) is 0. The van der Waals surface area contributed by atoms with Gasteiger partial charge in [-0.3, -0.25) is 19.4 Å². The lowest BCUT2D eigenvalue weighted by molar-refractivity contribution is -0.133. The van der Waals surface area contributed by atoms with Crippen LogP contribution in [0, 0.1) is 11.6 Å². The molecule has 2 amide bonds. The third kappa shape index (κ3) is 5.96. The van der Waals surface area contributed by atoms with Gasteiger partial charge in [-0.1, -0.05) is 12.8 Å². The van der Waals surface area contributed by atoms with E-state index in [1.165, 1.54) is 18.9 Å². The molecule has 1 N–H and O–H groups in total. The van der Waals surface area contributed by atoms with Crippen LogP contribution in [0.25, 0.3) is 0 Å². The summed E-state index contributed by atoms with van der Waals surface area (Å²) < 4.78 is 26.8. The molecule has 2 fully saturated rings. The van der Waals surface area contributed by atoms with E-state index < -0.39 is 17.7 Å². The van der Waals surface area contributed by atoms with E-state index in [2.05, 4.69) is 10.2 Å². The molecule has 1 aromatic carbocycles. The van der Waals surface area contributed by atoms with Gasteiger partial charge in [-0.05, 0) is 31.9 Å². The maximum absolute atomic E-state index is 13.8. The van der Waals surface area contributed by atoms with E-state index in [-0.39, 0.29) is 17.5 Å². The minimum atomic E-state index is -0.789. The average Bonchev–Trinajstić information content (AvgIpc) is 3.00. The molecule has 160 valence electrons. The first kappa shape index (κ1) is 21.6. The zero-order valence-corrected chi connectivity index (χ0v) is 17.0. The van der Waals surface area contributed by atoms with Gasteiger partial charge in [-0.2, -0.15) is 0 Å². The van der Waals surface area contributed by atoms with Gasteiger partial charge < -0.3 is 10.2 Å². The van der Waals surface area contributed by atoms with Crippen molar-refractivity contribution in [2.75, 3.05) is 51.1 Å². The van der Waals surface area contributed by atoms with Crippen molar-refractivity contribution in [2.45, 2.75) is 38.6 Å². The number of likely N-dealkylation sites (tertiary alicyclic amines) is 1. The van der Waals surface area contributed by atoms with Crippen molar-refractivity contribution in [3.8, 4) is 0 Å². The number of anilines is 1. The average molecular weight is 408 g/mol. The normalized spacial score (nSPS) is 20.2. The topological polar surface area (TPSA) is 55.9 Å². The molecule has 0 saturated carbocycles. The number of piperazine rings is 1. The molecule has 2 saturated heterocycles. The van der Waals surface area contributed by atoms with Gasteiger partial charge in [0.25, 0.3) is 0 Å². The molecule has 0 aromatic heterocycles. The largest absolute Gasteiger partial charge is 0.342 e. The Hall–Kier alpha value is -2.06. The Labute approximate surface area is 170 Å². The number of halogens is 2. The monoisotopic (exact) mass is 408 g/mol. The molecule has 0 radical (unpaired) electrons. The summed E-state index contributed by atoms with van der Waals surface area (Å²) >= 11 is 0. The number of carbonyl (C=O) groups excluding carboxylic acids is 2. The van der Waals surface area contributed by atoms with Gasteiger partial charge in [0.2, 0.25) is 11.8 Å². The number of hydrogen-bond donors (Lipinski definition) is 1. The van der Waals surface area contributed by atoms with Crippen LogP contribution >= 0.6 is 0 Å². The van der Waals surface area contributed by atoms with Crippen LogP contribution < -0.4 is 5.32 Å². The number of hydrogen-bond acceptors (Lipinski definition) is 4. The highest BCUT2D eigenvalue weighted by Crippen LogP contribution is 2.17. The number of carbonyl (C=O) groups is 2. The first-order valence-corrected chi connectivity index (χ1v) is 10.4. The van der Waals surface area contributed by atoms with Crippen LogP contribution in [0.15, 0.2) is 18.2 Å². The summed E-state index contributed by atoms with van der Waals surface area (Å²) in [6.07, 6.45) is 4.57. The van der Waals surface area contributed by atoms with E-state index in [4.69, 9.17) is 0 Å². The van der Waals surface area contributed by atoms with Crippen molar-refractivity contribution in [1.29, 1.82) is 0 Å². The van der Waals surface area contributed by atoms with E-state index in [1.807, 2.05) is 9.80 Å². The number of amides is 2. The van der Waals surface area contributed by atoms with Gasteiger partial charge in [0, 0.05) is 45.3 Å². The Bertz CT molecular complexity index is 715. The maximum atomic E-state index is 13.8. The van der Waals surface area contributed by atoms with Crippen LogP contribution in [0.3, 0.4) is 0 Å². The Morgan fingerprint density at radius 1 is 1.00 bits per heavy atom. The van der Waals surface area contributed by atoms with Crippen LogP contribution in [0.5, 0.6) is 0 Å². The molecule has 1 atom stereocenters. The molecule has 1 aromatic rings. The van der Waals surface area contributed by atoms with Gasteiger partial charge in [0.15, 0.2) is 0 Å². The fourth-order valence-corrected chi connectivity index (χ4v) is 3.91. The first-order chi connectivity index (χ1) is 13.9. The van der Waals surface area contributed by atoms with Crippen molar-refractivity contribution >= 4 is 17.5 Å². The fourth-order valence-electron chi connectivity index (χ4n) is 3.91. The maximum Gasteiger partial charge on any atom is 0.241 e. The van der Waals surface area contributed by atoms with E-state index in [0.717, 1.165) is 38.1 Å². The number of rotatable bonds is 5. The Kier molecular flexibility index (Phi) is 7.55. The van der Waals surface area contributed by atoms with E-state index >= 15 is 0 Å². The molecular weight excluding hydrogens is 378 g/mol. The highest BCUT2D eigenvalue weighted by molar-refractivity contribution is 5.94. The van der Waals surface area contributed by atoms with E-state index in [9.17, 15) is 18.4 Å². The Balaban J connectivity index is 1.45. The van der Waals surface area contributed by atoms with E-state index in [1.54, 1.807) is 6.92 Å². The van der Waals surface area contributed by atoms with Crippen molar-refractivity contribution in [3.05, 3.63) is 29.8 Å². The second kappa shape index (κ2) is 10.1. The molecule has 29 heavy (non-hydrogen) atoms. The second-order valence-corrected chi connectivity index (χ2v) is 7.90. The summed E-state index contributed by atoms with van der Waals surface area (Å²) in [6, 6.07) is 2.65. The molecule has 8 heteroatoms. The van der Waals surface area contributed by atoms with Gasteiger partial charge >= 0.3 is 0 Å². The molecule has 0 aliphatic carbocycles. The minimum absolute atomic E-state index is 0.0232. The van der Waals surface area contributed by atoms with Crippen LogP contribution in [-0.2, 0) is 9.59 Å². The summed E-state index contributed by atoms with van der Waals surface area (Å²) in [6.45, 7) is 6.65. The molecular formula is C21H30F2N4O2.